The van der Waals surface area contributed by atoms with Crippen molar-refractivity contribution in [1.82, 2.24) is 0 Å². The highest BCUT2D eigenvalue weighted by Gasteiger charge is 2.76. The van der Waals surface area contributed by atoms with Crippen LogP contribution in [0.5, 0.6) is 11.5 Å². The van der Waals surface area contributed by atoms with Gasteiger partial charge in [0.2, 0.25) is 0 Å². The molecule has 30 heavy (non-hydrogen) atoms. The Bertz CT molecular complexity index is 1040. The van der Waals surface area contributed by atoms with Crippen molar-refractivity contribution in [3.05, 3.63) is 23.3 Å². The first kappa shape index (κ1) is 19.3. The molecule has 6 rings (SSSR count). The van der Waals surface area contributed by atoms with Crippen LogP contribution in [0.25, 0.3) is 0 Å². The molecule has 2 bridgehead atoms. The van der Waals surface area contributed by atoms with Gasteiger partial charge in [-0.15, -0.1) is 0 Å². The maximum Gasteiger partial charge on any atom is 0.446 e. The quantitative estimate of drug-likeness (QED) is 0.474. The molecular weight excluding hydrogens is 410 g/mol. The van der Waals surface area contributed by atoms with Gasteiger partial charge in [-0.05, 0) is 37.3 Å². The summed E-state index contributed by atoms with van der Waals surface area (Å²) in [6.45, 7) is 1.93. The van der Waals surface area contributed by atoms with E-state index in [-0.39, 0.29) is 17.5 Å². The van der Waals surface area contributed by atoms with E-state index < -0.39 is 33.6 Å². The molecule has 8 nitrogen and oxygen atoms in total. The fourth-order valence-electron chi connectivity index (χ4n) is 7.30. The van der Waals surface area contributed by atoms with E-state index >= 15 is 0 Å². The molecule has 2 heterocycles. The lowest BCUT2D eigenvalue weighted by Crippen LogP contribution is -2.81. The summed E-state index contributed by atoms with van der Waals surface area (Å²) in [4.78, 5) is 0. The molecule has 0 aromatic heterocycles. The van der Waals surface area contributed by atoms with Crippen LogP contribution in [-0.4, -0.2) is 71.7 Å². The number of hydrogen-bond donors (Lipinski definition) is 3. The number of nitrogens with zero attached hydrogens (tertiary/aromatic N) is 1. The minimum absolute atomic E-state index is 0.00255. The van der Waals surface area contributed by atoms with Gasteiger partial charge in [0.1, 0.15) is 17.7 Å². The zero-order valence-electron chi connectivity index (χ0n) is 17.0. The molecule has 2 saturated carbocycles. The molecule has 1 unspecified atom stereocenters. The van der Waals surface area contributed by atoms with Crippen molar-refractivity contribution in [3.8, 4) is 11.5 Å². The van der Waals surface area contributed by atoms with E-state index in [1.165, 1.54) is 18.9 Å². The fourth-order valence-corrected chi connectivity index (χ4v) is 7.66. The minimum atomic E-state index is -4.73. The molecular formula is C21H28NO7S+. The van der Waals surface area contributed by atoms with Crippen molar-refractivity contribution in [3.63, 3.8) is 0 Å². The van der Waals surface area contributed by atoms with Crippen molar-refractivity contribution in [2.45, 2.75) is 67.8 Å². The Morgan fingerprint density at radius 2 is 2.03 bits per heavy atom. The zero-order valence-corrected chi connectivity index (χ0v) is 17.8. The molecule has 1 aromatic carbocycles. The molecule has 6 atom stereocenters. The number of quaternary nitrogens is 1. The summed E-state index contributed by atoms with van der Waals surface area (Å²) in [5.74, 6) is 0.875. The summed E-state index contributed by atoms with van der Waals surface area (Å²) in [5.41, 5.74) is -0.0612. The minimum Gasteiger partial charge on any atom is -0.482 e. The summed E-state index contributed by atoms with van der Waals surface area (Å²) in [5, 5.41) is 23.2. The van der Waals surface area contributed by atoms with Gasteiger partial charge in [-0.2, -0.15) is 8.42 Å². The van der Waals surface area contributed by atoms with Crippen LogP contribution in [0.4, 0.5) is 0 Å². The number of ether oxygens (including phenoxy) is 1. The molecule has 0 amide bonds. The van der Waals surface area contributed by atoms with Crippen LogP contribution < -0.4 is 8.92 Å². The number of likely N-dealkylation sites (N-methyl/N-ethyl adjacent to an activating group) is 1. The normalized spacial score (nSPS) is 43.7. The second-order valence-electron chi connectivity index (χ2n) is 10.3. The third kappa shape index (κ3) is 2.33. The van der Waals surface area contributed by atoms with Crippen LogP contribution in [0.3, 0.4) is 0 Å². The topological polar surface area (TPSA) is 113 Å². The van der Waals surface area contributed by atoms with E-state index in [2.05, 4.69) is 7.05 Å². The maximum atomic E-state index is 12.3. The molecule has 1 saturated heterocycles. The van der Waals surface area contributed by atoms with Crippen LogP contribution in [0.1, 0.15) is 43.2 Å². The summed E-state index contributed by atoms with van der Waals surface area (Å²) in [7, 11) is -2.47. The second-order valence-corrected chi connectivity index (χ2v) is 11.3. The molecule has 3 aliphatic carbocycles. The summed E-state index contributed by atoms with van der Waals surface area (Å²) in [6.07, 6.45) is 3.33. The van der Waals surface area contributed by atoms with Crippen LogP contribution in [0.15, 0.2) is 12.1 Å². The molecule has 1 aromatic rings. The lowest BCUT2D eigenvalue weighted by atomic mass is 9.48. The Hall–Kier alpha value is -1.39. The predicted molar refractivity (Wildman–Crippen MR) is 106 cm³/mol. The summed E-state index contributed by atoms with van der Waals surface area (Å²) in [6, 6.07) is 3.33. The first-order valence-electron chi connectivity index (χ1n) is 10.8. The Balaban J connectivity index is 1.56. The van der Waals surface area contributed by atoms with Gasteiger partial charge in [0.05, 0.1) is 31.7 Å². The lowest BCUT2D eigenvalue weighted by Gasteiger charge is -2.65. The van der Waals surface area contributed by atoms with Gasteiger partial charge in [0, 0.05) is 24.3 Å². The van der Waals surface area contributed by atoms with Crippen molar-refractivity contribution >= 4 is 10.4 Å². The summed E-state index contributed by atoms with van der Waals surface area (Å²) >= 11 is 0. The van der Waals surface area contributed by atoms with E-state index in [1.807, 2.05) is 6.07 Å². The van der Waals surface area contributed by atoms with Gasteiger partial charge in [-0.1, -0.05) is 6.07 Å². The maximum absolute atomic E-state index is 12.3. The Morgan fingerprint density at radius 3 is 2.73 bits per heavy atom. The molecule has 0 radical (unpaired) electrons. The van der Waals surface area contributed by atoms with Gasteiger partial charge in [0.25, 0.3) is 0 Å². The van der Waals surface area contributed by atoms with Crippen molar-refractivity contribution in [2.24, 2.45) is 5.92 Å². The van der Waals surface area contributed by atoms with Gasteiger partial charge < -0.3 is 23.6 Å². The van der Waals surface area contributed by atoms with Gasteiger partial charge in [-0.3, -0.25) is 4.55 Å². The smallest absolute Gasteiger partial charge is 0.446 e. The molecule has 2 aliphatic heterocycles. The largest absolute Gasteiger partial charge is 0.482 e. The number of aliphatic hydroxyl groups is 2. The van der Waals surface area contributed by atoms with Gasteiger partial charge >= 0.3 is 10.4 Å². The second kappa shape index (κ2) is 5.69. The summed E-state index contributed by atoms with van der Waals surface area (Å²) < 4.78 is 43.8. The van der Waals surface area contributed by atoms with Crippen LogP contribution in [-0.2, 0) is 22.2 Å². The van der Waals surface area contributed by atoms with Crippen molar-refractivity contribution in [1.29, 1.82) is 0 Å². The molecule has 164 valence electrons. The molecule has 3 fully saturated rings. The van der Waals surface area contributed by atoms with Crippen LogP contribution in [0.2, 0.25) is 0 Å². The molecule has 1 spiro atoms. The van der Waals surface area contributed by atoms with Crippen molar-refractivity contribution in [2.75, 3.05) is 20.1 Å². The number of piperidine rings is 1. The van der Waals surface area contributed by atoms with Crippen LogP contribution >= 0.6 is 0 Å². The Morgan fingerprint density at radius 1 is 1.27 bits per heavy atom. The first-order chi connectivity index (χ1) is 14.1. The van der Waals surface area contributed by atoms with E-state index in [0.717, 1.165) is 34.6 Å². The SMILES string of the molecule is C[N+]1(CC2CC2)CC[C@]23c4c5ccc(OS(=O)(=O)O)c4O[C@H]2[C@H](O)CC[C@@]3(O)[C@H]1C5. The van der Waals surface area contributed by atoms with Crippen molar-refractivity contribution < 1.29 is 36.6 Å². The van der Waals surface area contributed by atoms with E-state index in [9.17, 15) is 23.2 Å². The van der Waals surface area contributed by atoms with E-state index in [4.69, 9.17) is 8.92 Å². The van der Waals surface area contributed by atoms with Gasteiger partial charge in [0.15, 0.2) is 11.5 Å². The standard InChI is InChI=1S/C21H27NO7S/c1-22(11-12-2-3-12)9-8-20-17-13-4-5-15(29-30(25,26)27)18(17)28-19(20)14(23)6-7-21(20,24)16(22)10-13/h4-5,12,14,16,19,23-24H,2-3,6-11H2,1H3/p+1/t14-,16-,19+,20+,21-,22?/m1/s1. The molecule has 3 N–H and O–H groups in total. The highest BCUT2D eigenvalue weighted by atomic mass is 32.3. The average Bonchev–Trinajstić information content (AvgIpc) is 3.38. The number of rotatable bonds is 4. The van der Waals surface area contributed by atoms with E-state index in [0.29, 0.717) is 25.7 Å². The zero-order chi connectivity index (χ0) is 21.1. The number of benzene rings is 1. The average molecular weight is 439 g/mol. The van der Waals surface area contributed by atoms with E-state index in [1.54, 1.807) is 0 Å². The fraction of sp³-hybridized carbons (Fsp3) is 0.714. The predicted octanol–water partition coefficient (Wildman–Crippen LogP) is 0.938. The third-order valence-corrected chi connectivity index (χ3v) is 9.02. The molecule has 9 heteroatoms. The first-order valence-corrected chi connectivity index (χ1v) is 12.2. The highest BCUT2D eigenvalue weighted by Crippen LogP contribution is 2.66. The lowest BCUT2D eigenvalue weighted by molar-refractivity contribution is -0.950. The number of aliphatic hydroxyl groups excluding tert-OH is 1. The number of hydrogen-bond acceptors (Lipinski definition) is 6. The highest BCUT2D eigenvalue weighted by molar-refractivity contribution is 7.81. The molecule has 5 aliphatic rings. The third-order valence-electron chi connectivity index (χ3n) is 8.63. The Labute approximate surface area is 175 Å². The number of likely N-dealkylation sites (tertiary alicyclic amines) is 1. The van der Waals surface area contributed by atoms with Gasteiger partial charge in [-0.25, -0.2) is 0 Å². The Kier molecular flexibility index (Phi) is 3.66. The van der Waals surface area contributed by atoms with Crippen LogP contribution in [0, 0.1) is 5.92 Å². The monoisotopic (exact) mass is 438 g/mol.